The number of hydrogen-bond acceptors (Lipinski definition) is 5. The van der Waals surface area contributed by atoms with Crippen LogP contribution in [0.1, 0.15) is 33.8 Å². The van der Waals surface area contributed by atoms with Gasteiger partial charge < -0.3 is 14.6 Å². The quantitative estimate of drug-likeness (QED) is 0.677. The third-order valence-corrected chi connectivity index (χ3v) is 4.19. The van der Waals surface area contributed by atoms with E-state index in [2.05, 4.69) is 5.32 Å². The fourth-order valence-corrected chi connectivity index (χ4v) is 2.87. The Bertz CT molecular complexity index is 779. The molecule has 0 atom stereocenters. The van der Waals surface area contributed by atoms with Gasteiger partial charge in [-0.15, -0.1) is 0 Å². The summed E-state index contributed by atoms with van der Waals surface area (Å²) in [6.07, 6.45) is 2.62. The molecule has 8 heteroatoms. The van der Waals surface area contributed by atoms with Gasteiger partial charge >= 0.3 is 0 Å². The molecular formula is C17H17N3O5. The van der Waals surface area contributed by atoms with Crippen LogP contribution in [-0.2, 0) is 0 Å². The maximum Gasteiger partial charge on any atom is 0.289 e. The van der Waals surface area contributed by atoms with E-state index in [9.17, 15) is 19.7 Å². The molecule has 0 spiro atoms. The number of hydrogen-bond donors (Lipinski definition) is 1. The van der Waals surface area contributed by atoms with Crippen molar-refractivity contribution in [1.29, 1.82) is 0 Å². The van der Waals surface area contributed by atoms with Crippen molar-refractivity contribution >= 4 is 17.5 Å². The van der Waals surface area contributed by atoms with E-state index in [0.717, 1.165) is 0 Å². The van der Waals surface area contributed by atoms with E-state index in [4.69, 9.17) is 4.42 Å². The summed E-state index contributed by atoms with van der Waals surface area (Å²) in [6, 6.07) is 8.99. The van der Waals surface area contributed by atoms with Crippen molar-refractivity contribution in [2.75, 3.05) is 13.1 Å². The van der Waals surface area contributed by atoms with Crippen LogP contribution in [0.3, 0.4) is 0 Å². The van der Waals surface area contributed by atoms with Gasteiger partial charge in [0.2, 0.25) is 0 Å². The Balaban J connectivity index is 1.58. The number of para-hydroxylation sites is 1. The second-order valence-corrected chi connectivity index (χ2v) is 5.79. The average Bonchev–Trinajstić information content (AvgIpc) is 3.16. The molecule has 1 aliphatic heterocycles. The number of furan rings is 1. The number of rotatable bonds is 4. The number of carbonyl (C=O) groups excluding carboxylic acids is 2. The minimum Gasteiger partial charge on any atom is -0.459 e. The lowest BCUT2D eigenvalue weighted by atomic mass is 10.0. The first-order valence-corrected chi connectivity index (χ1v) is 7.93. The number of likely N-dealkylation sites (tertiary alicyclic amines) is 1. The lowest BCUT2D eigenvalue weighted by Gasteiger charge is -2.31. The van der Waals surface area contributed by atoms with E-state index >= 15 is 0 Å². The minimum absolute atomic E-state index is 0.0431. The molecule has 0 bridgehead atoms. The predicted octanol–water partition coefficient (Wildman–Crippen LogP) is 2.22. The highest BCUT2D eigenvalue weighted by Crippen LogP contribution is 2.19. The Morgan fingerprint density at radius 3 is 2.52 bits per heavy atom. The van der Waals surface area contributed by atoms with Gasteiger partial charge in [-0.05, 0) is 31.0 Å². The van der Waals surface area contributed by atoms with Crippen molar-refractivity contribution in [2.45, 2.75) is 18.9 Å². The van der Waals surface area contributed by atoms with Crippen LogP contribution in [0.15, 0.2) is 47.1 Å². The van der Waals surface area contributed by atoms with Crippen molar-refractivity contribution in [2.24, 2.45) is 0 Å². The summed E-state index contributed by atoms with van der Waals surface area (Å²) in [4.78, 5) is 36.7. The van der Waals surface area contributed by atoms with Gasteiger partial charge in [-0.1, -0.05) is 12.1 Å². The van der Waals surface area contributed by atoms with Gasteiger partial charge in [0.15, 0.2) is 5.76 Å². The zero-order valence-electron chi connectivity index (χ0n) is 13.4. The summed E-state index contributed by atoms with van der Waals surface area (Å²) < 4.78 is 5.11. The first-order valence-electron chi connectivity index (χ1n) is 7.93. The van der Waals surface area contributed by atoms with Gasteiger partial charge in [-0.25, -0.2) is 0 Å². The summed E-state index contributed by atoms with van der Waals surface area (Å²) in [5.74, 6) is -0.348. The number of benzene rings is 1. The Kier molecular flexibility index (Phi) is 4.78. The number of nitro groups is 1. The van der Waals surface area contributed by atoms with Gasteiger partial charge in [0.05, 0.1) is 11.2 Å². The highest BCUT2D eigenvalue weighted by atomic mass is 16.6. The molecule has 1 saturated heterocycles. The number of piperidine rings is 1. The van der Waals surface area contributed by atoms with E-state index in [1.807, 2.05) is 0 Å². The molecule has 25 heavy (non-hydrogen) atoms. The molecule has 1 aliphatic rings. The molecule has 1 fully saturated rings. The molecule has 130 valence electrons. The van der Waals surface area contributed by atoms with Crippen LogP contribution in [0.4, 0.5) is 5.69 Å². The molecule has 0 unspecified atom stereocenters. The molecule has 8 nitrogen and oxygen atoms in total. The molecule has 1 aromatic carbocycles. The van der Waals surface area contributed by atoms with Crippen molar-refractivity contribution in [1.82, 2.24) is 10.2 Å². The predicted molar refractivity (Wildman–Crippen MR) is 88.2 cm³/mol. The molecule has 1 N–H and O–H groups in total. The number of carbonyl (C=O) groups is 2. The molecule has 2 heterocycles. The molecule has 2 amide bonds. The number of nitro benzene ring substituents is 1. The summed E-state index contributed by atoms with van der Waals surface area (Å²) in [7, 11) is 0. The fraction of sp³-hybridized carbons (Fsp3) is 0.294. The van der Waals surface area contributed by atoms with Gasteiger partial charge in [0.25, 0.3) is 17.5 Å². The van der Waals surface area contributed by atoms with Crippen molar-refractivity contribution in [3.63, 3.8) is 0 Å². The molecule has 1 aromatic heterocycles. The summed E-state index contributed by atoms with van der Waals surface area (Å²) >= 11 is 0. The average molecular weight is 343 g/mol. The Labute approximate surface area is 143 Å². The van der Waals surface area contributed by atoms with E-state index in [0.29, 0.717) is 31.7 Å². The largest absolute Gasteiger partial charge is 0.459 e. The van der Waals surface area contributed by atoms with Gasteiger partial charge in [-0.3, -0.25) is 19.7 Å². The van der Waals surface area contributed by atoms with E-state index in [-0.39, 0.29) is 23.2 Å². The van der Waals surface area contributed by atoms with E-state index in [1.165, 1.54) is 24.5 Å². The first kappa shape index (κ1) is 16.7. The Morgan fingerprint density at radius 2 is 1.88 bits per heavy atom. The summed E-state index contributed by atoms with van der Waals surface area (Å²) in [5, 5.41) is 13.8. The Hall–Kier alpha value is -3.16. The second kappa shape index (κ2) is 7.16. The highest BCUT2D eigenvalue weighted by molar-refractivity contribution is 5.98. The molecule has 0 radical (unpaired) electrons. The van der Waals surface area contributed by atoms with Gasteiger partial charge in [0.1, 0.15) is 5.56 Å². The van der Waals surface area contributed by atoms with Crippen LogP contribution in [0, 0.1) is 10.1 Å². The van der Waals surface area contributed by atoms with Crippen LogP contribution in [0.5, 0.6) is 0 Å². The van der Waals surface area contributed by atoms with Crippen molar-refractivity contribution in [3.8, 4) is 0 Å². The zero-order chi connectivity index (χ0) is 17.8. The third-order valence-electron chi connectivity index (χ3n) is 4.19. The van der Waals surface area contributed by atoms with Crippen LogP contribution in [0.25, 0.3) is 0 Å². The SMILES string of the molecule is O=C(NC1CCN(C(=O)c2ccco2)CC1)c1ccccc1[N+](=O)[O-]. The monoisotopic (exact) mass is 343 g/mol. The topological polar surface area (TPSA) is 106 Å². The summed E-state index contributed by atoms with van der Waals surface area (Å²) in [6.45, 7) is 0.975. The van der Waals surface area contributed by atoms with Crippen LogP contribution in [-0.4, -0.2) is 40.8 Å². The highest BCUT2D eigenvalue weighted by Gasteiger charge is 2.27. The van der Waals surface area contributed by atoms with Crippen molar-refractivity contribution in [3.05, 3.63) is 64.1 Å². The molecule has 3 rings (SSSR count). The molecule has 0 aliphatic carbocycles. The number of nitrogens with one attached hydrogen (secondary N) is 1. The number of nitrogens with zero attached hydrogens (tertiary/aromatic N) is 2. The standard InChI is InChI=1S/C17H17N3O5/c21-16(13-4-1-2-5-14(13)20(23)24)18-12-7-9-19(10-8-12)17(22)15-6-3-11-25-15/h1-6,11-12H,7-10H2,(H,18,21). The summed E-state index contributed by atoms with van der Waals surface area (Å²) in [5.41, 5.74) is -0.174. The minimum atomic E-state index is -0.570. The smallest absolute Gasteiger partial charge is 0.289 e. The van der Waals surface area contributed by atoms with Crippen molar-refractivity contribution < 1.29 is 18.9 Å². The maximum absolute atomic E-state index is 12.3. The number of amides is 2. The van der Waals surface area contributed by atoms with Crippen LogP contribution in [0.2, 0.25) is 0 Å². The van der Waals surface area contributed by atoms with E-state index < -0.39 is 10.8 Å². The molecule has 2 aromatic rings. The lowest BCUT2D eigenvalue weighted by molar-refractivity contribution is -0.385. The zero-order valence-corrected chi connectivity index (χ0v) is 13.4. The Morgan fingerprint density at radius 1 is 1.16 bits per heavy atom. The fourth-order valence-electron chi connectivity index (χ4n) is 2.87. The lowest BCUT2D eigenvalue weighted by Crippen LogP contribution is -2.46. The molecular weight excluding hydrogens is 326 g/mol. The third kappa shape index (κ3) is 3.68. The normalized spacial score (nSPS) is 15.0. The van der Waals surface area contributed by atoms with Crippen LogP contribution >= 0.6 is 0 Å². The maximum atomic E-state index is 12.3. The first-order chi connectivity index (χ1) is 12.1. The molecule has 0 saturated carbocycles. The van der Waals surface area contributed by atoms with E-state index in [1.54, 1.807) is 23.1 Å². The van der Waals surface area contributed by atoms with Gasteiger partial charge in [0, 0.05) is 25.2 Å². The van der Waals surface area contributed by atoms with Crippen LogP contribution < -0.4 is 5.32 Å². The van der Waals surface area contributed by atoms with Gasteiger partial charge in [-0.2, -0.15) is 0 Å². The second-order valence-electron chi connectivity index (χ2n) is 5.79.